The predicted molar refractivity (Wildman–Crippen MR) is 167 cm³/mol. The van der Waals surface area contributed by atoms with Crippen molar-refractivity contribution in [1.82, 2.24) is 0 Å². The molecule has 7 nitrogen and oxygen atoms in total. The molecule has 0 bridgehead atoms. The van der Waals surface area contributed by atoms with Crippen molar-refractivity contribution in [2.75, 3.05) is 6.61 Å². The summed E-state index contributed by atoms with van der Waals surface area (Å²) in [5.74, 6) is 0. The minimum atomic E-state index is -3.86. The lowest BCUT2D eigenvalue weighted by atomic mass is 9.99. The van der Waals surface area contributed by atoms with Crippen LogP contribution in [0.1, 0.15) is 22.3 Å². The van der Waals surface area contributed by atoms with Gasteiger partial charge in [-0.05, 0) is 35.7 Å². The van der Waals surface area contributed by atoms with Gasteiger partial charge in [-0.2, -0.15) is 0 Å². The molecule has 0 unspecified atom stereocenters. The Kier molecular flexibility index (Phi) is 11.0. The summed E-state index contributed by atoms with van der Waals surface area (Å²) >= 11 is 0. The maximum Gasteiger partial charge on any atom is 0.232 e. The second-order valence-corrected chi connectivity index (χ2v) is 14.4. The van der Waals surface area contributed by atoms with Crippen molar-refractivity contribution in [2.45, 2.75) is 61.5 Å². The molecular formula is C34H36O7S2. The fourth-order valence-corrected chi connectivity index (χ4v) is 8.02. The van der Waals surface area contributed by atoms with Gasteiger partial charge in [-0.15, -0.1) is 0 Å². The Labute approximate surface area is 257 Å². The van der Waals surface area contributed by atoms with E-state index in [1.807, 2.05) is 97.9 Å². The van der Waals surface area contributed by atoms with E-state index in [2.05, 4.69) is 0 Å². The van der Waals surface area contributed by atoms with Crippen LogP contribution in [0.2, 0.25) is 0 Å². The minimum Gasteiger partial charge on any atom is -0.387 e. The van der Waals surface area contributed by atoms with Gasteiger partial charge in [-0.3, -0.25) is 0 Å². The zero-order valence-corrected chi connectivity index (χ0v) is 25.5. The molecule has 43 heavy (non-hydrogen) atoms. The van der Waals surface area contributed by atoms with Gasteiger partial charge in [0.05, 0.1) is 31.3 Å². The first-order chi connectivity index (χ1) is 20.9. The van der Waals surface area contributed by atoms with Gasteiger partial charge in [-0.1, -0.05) is 109 Å². The Bertz CT molecular complexity index is 1500. The first-order valence-electron chi connectivity index (χ1n) is 14.2. The van der Waals surface area contributed by atoms with Crippen LogP contribution in [0.5, 0.6) is 0 Å². The van der Waals surface area contributed by atoms with E-state index in [4.69, 9.17) is 18.9 Å². The third-order valence-corrected chi connectivity index (χ3v) is 10.7. The molecule has 0 spiro atoms. The van der Waals surface area contributed by atoms with E-state index in [1.54, 1.807) is 24.3 Å². The van der Waals surface area contributed by atoms with Crippen molar-refractivity contribution >= 4 is 19.7 Å². The van der Waals surface area contributed by atoms with Crippen molar-refractivity contribution < 1.29 is 32.5 Å². The van der Waals surface area contributed by atoms with Crippen molar-refractivity contribution in [2.24, 2.45) is 0 Å². The van der Waals surface area contributed by atoms with E-state index in [1.165, 1.54) is 0 Å². The van der Waals surface area contributed by atoms with Gasteiger partial charge in [0.15, 0.2) is 0 Å². The molecule has 4 aromatic rings. The number of aryl methyl sites for hydroxylation is 1. The average Bonchev–Trinajstić information content (AvgIpc) is 3.02. The topological polar surface area (TPSA) is 91.3 Å². The number of benzene rings is 4. The van der Waals surface area contributed by atoms with Gasteiger partial charge in [0.2, 0.25) is 8.87 Å². The van der Waals surface area contributed by atoms with Gasteiger partial charge in [0.1, 0.15) is 29.9 Å². The predicted octanol–water partition coefficient (Wildman–Crippen LogP) is 5.89. The van der Waals surface area contributed by atoms with Crippen LogP contribution in [0.25, 0.3) is 0 Å². The molecule has 5 rings (SSSR count). The van der Waals surface area contributed by atoms with Crippen LogP contribution in [-0.2, 0) is 47.6 Å². The van der Waals surface area contributed by atoms with Crippen LogP contribution in [-0.4, -0.2) is 50.0 Å². The molecule has 1 heterocycles. The van der Waals surface area contributed by atoms with E-state index in [9.17, 15) is 13.5 Å². The van der Waals surface area contributed by atoms with Crippen LogP contribution in [0.3, 0.4) is 0 Å². The molecule has 1 N–H and O–H groups in total. The van der Waals surface area contributed by atoms with Crippen molar-refractivity contribution in [3.8, 4) is 0 Å². The molecule has 0 aliphatic carbocycles. The highest BCUT2D eigenvalue weighted by molar-refractivity contribution is 8.72. The minimum absolute atomic E-state index is 0.0818. The fraction of sp³-hybridized carbons (Fsp3) is 0.294. The zero-order valence-electron chi connectivity index (χ0n) is 23.9. The summed E-state index contributed by atoms with van der Waals surface area (Å²) in [5, 5.41) is 11.8. The number of aliphatic hydroxyl groups excluding tert-OH is 1. The molecule has 1 fully saturated rings. The average molecular weight is 621 g/mol. The summed E-state index contributed by atoms with van der Waals surface area (Å²) in [5.41, 5.74) is 2.70. The quantitative estimate of drug-likeness (QED) is 0.185. The van der Waals surface area contributed by atoms with Gasteiger partial charge < -0.3 is 24.1 Å². The summed E-state index contributed by atoms with van der Waals surface area (Å²) < 4.78 is 52.0. The van der Waals surface area contributed by atoms with Crippen LogP contribution in [0, 0.1) is 6.92 Å². The van der Waals surface area contributed by atoms with Crippen molar-refractivity contribution in [3.05, 3.63) is 138 Å². The van der Waals surface area contributed by atoms with E-state index >= 15 is 0 Å². The molecule has 0 saturated carbocycles. The number of aliphatic hydroxyl groups is 1. The smallest absolute Gasteiger partial charge is 0.232 e. The largest absolute Gasteiger partial charge is 0.387 e. The Balaban J connectivity index is 1.39. The zero-order chi connectivity index (χ0) is 30.1. The molecule has 1 aliphatic rings. The number of hydrogen-bond donors (Lipinski definition) is 1. The Morgan fingerprint density at radius 3 is 1.72 bits per heavy atom. The monoisotopic (exact) mass is 620 g/mol. The van der Waals surface area contributed by atoms with E-state index in [0.717, 1.165) is 22.3 Å². The highest BCUT2D eigenvalue weighted by Gasteiger charge is 2.48. The van der Waals surface area contributed by atoms with E-state index in [-0.39, 0.29) is 24.7 Å². The fourth-order valence-electron chi connectivity index (χ4n) is 4.78. The second kappa shape index (κ2) is 15.1. The lowest BCUT2D eigenvalue weighted by molar-refractivity contribution is -0.240. The third-order valence-electron chi connectivity index (χ3n) is 7.11. The molecule has 0 radical (unpaired) electrons. The molecule has 0 amide bonds. The summed E-state index contributed by atoms with van der Waals surface area (Å²) in [6.07, 6.45) is -3.80. The van der Waals surface area contributed by atoms with Crippen LogP contribution >= 0.6 is 10.8 Å². The van der Waals surface area contributed by atoms with Gasteiger partial charge in [0, 0.05) is 10.8 Å². The summed E-state index contributed by atoms with van der Waals surface area (Å²) in [6, 6.07) is 35.5. The SMILES string of the molecule is Cc1ccc(S(=O)(=O)S[C@@H]2O[C@H](COCc3ccccc3)[C@H](OCc3ccccc3)[C@H](O)[C@H]2OCc2ccccc2)cc1. The summed E-state index contributed by atoms with van der Waals surface area (Å²) in [4.78, 5) is 0.155. The first kappa shape index (κ1) is 31.4. The van der Waals surface area contributed by atoms with E-state index < -0.39 is 38.7 Å². The normalized spacial score (nSPS) is 22.3. The molecular weight excluding hydrogens is 585 g/mol. The van der Waals surface area contributed by atoms with E-state index in [0.29, 0.717) is 17.4 Å². The summed E-state index contributed by atoms with van der Waals surface area (Å²) in [6.45, 7) is 2.70. The molecule has 4 aromatic carbocycles. The van der Waals surface area contributed by atoms with Gasteiger partial charge in [-0.25, -0.2) is 8.42 Å². The second-order valence-electron chi connectivity index (χ2n) is 10.4. The lowest BCUT2D eigenvalue weighted by Gasteiger charge is -2.43. The van der Waals surface area contributed by atoms with Crippen LogP contribution in [0.15, 0.2) is 120 Å². The van der Waals surface area contributed by atoms with Gasteiger partial charge >= 0.3 is 0 Å². The molecule has 9 heteroatoms. The number of ether oxygens (including phenoxy) is 4. The Hall–Kier alpha value is -3.02. The first-order valence-corrected chi connectivity index (χ1v) is 17.0. The molecule has 1 saturated heterocycles. The van der Waals surface area contributed by atoms with Crippen molar-refractivity contribution in [1.29, 1.82) is 0 Å². The maximum absolute atomic E-state index is 13.5. The van der Waals surface area contributed by atoms with Gasteiger partial charge in [0.25, 0.3) is 0 Å². The number of hydrogen-bond acceptors (Lipinski definition) is 8. The molecule has 1 aliphatic heterocycles. The molecule has 5 atom stereocenters. The molecule has 0 aromatic heterocycles. The summed E-state index contributed by atoms with van der Waals surface area (Å²) in [7, 11) is -3.22. The standard InChI is InChI=1S/C34H36O7S2/c1-25-17-19-29(20-18-25)43(36,37)42-34-33(40-23-28-15-9-4-10-16-28)31(35)32(39-22-27-13-7-3-8-14-27)30(41-34)24-38-21-26-11-5-2-6-12-26/h2-20,30-35H,21-24H2,1H3/t30-,31+,32+,33-,34+/m1/s1. The molecule has 226 valence electrons. The Morgan fingerprint density at radius 2 is 1.19 bits per heavy atom. The maximum atomic E-state index is 13.5. The van der Waals surface area contributed by atoms with Crippen LogP contribution < -0.4 is 0 Å². The van der Waals surface area contributed by atoms with Crippen LogP contribution in [0.4, 0.5) is 0 Å². The number of rotatable bonds is 13. The van der Waals surface area contributed by atoms with Crippen molar-refractivity contribution in [3.63, 3.8) is 0 Å². The highest BCUT2D eigenvalue weighted by atomic mass is 33.1. The highest BCUT2D eigenvalue weighted by Crippen LogP contribution is 2.38. The third kappa shape index (κ3) is 8.77. The Morgan fingerprint density at radius 1 is 0.698 bits per heavy atom. The lowest BCUT2D eigenvalue weighted by Crippen LogP contribution is -2.59.